The normalized spacial score (nSPS) is 11.4. The van der Waals surface area contributed by atoms with Crippen molar-refractivity contribution in [1.29, 1.82) is 5.26 Å². The van der Waals surface area contributed by atoms with E-state index in [1.54, 1.807) is 24.3 Å². The quantitative estimate of drug-likeness (QED) is 0.884. The smallest absolute Gasteiger partial charge is 0.238 e. The van der Waals surface area contributed by atoms with Gasteiger partial charge in [0.25, 0.3) is 0 Å². The van der Waals surface area contributed by atoms with Crippen LogP contribution in [0.3, 0.4) is 0 Å². The van der Waals surface area contributed by atoms with Gasteiger partial charge in [0.1, 0.15) is 0 Å². The number of rotatable bonds is 5. The molecule has 2 aromatic rings. The molecule has 0 bridgehead atoms. The highest BCUT2D eigenvalue weighted by molar-refractivity contribution is 5.92. The summed E-state index contributed by atoms with van der Waals surface area (Å²) >= 11 is 0. The third-order valence-electron chi connectivity index (χ3n) is 3.14. The van der Waals surface area contributed by atoms with Crippen molar-refractivity contribution in [2.75, 3.05) is 11.9 Å². The molecule has 1 amide bonds. The summed E-state index contributed by atoms with van der Waals surface area (Å²) in [4.78, 5) is 11.9. The number of anilines is 1. The van der Waals surface area contributed by atoms with Crippen LogP contribution in [-0.4, -0.2) is 12.5 Å². The fourth-order valence-electron chi connectivity index (χ4n) is 1.98. The lowest BCUT2D eigenvalue weighted by molar-refractivity contribution is -0.115. The molecule has 0 spiro atoms. The van der Waals surface area contributed by atoms with Gasteiger partial charge in [0.2, 0.25) is 5.91 Å². The molecular formula is C17H17N3O. The lowest BCUT2D eigenvalue weighted by Gasteiger charge is -2.14. The summed E-state index contributed by atoms with van der Waals surface area (Å²) in [7, 11) is 0. The van der Waals surface area contributed by atoms with Crippen molar-refractivity contribution in [2.45, 2.75) is 13.0 Å². The SMILES string of the molecule is CC(NCC(=O)Nc1cccc(C#N)c1)c1ccccc1. The Balaban J connectivity index is 1.86. The van der Waals surface area contributed by atoms with E-state index in [0.717, 1.165) is 5.56 Å². The molecule has 4 heteroatoms. The minimum absolute atomic E-state index is 0.0994. The Hall–Kier alpha value is -2.64. The number of carbonyl (C=O) groups excluding carboxylic acids is 1. The van der Waals surface area contributed by atoms with E-state index in [0.29, 0.717) is 11.3 Å². The third-order valence-corrected chi connectivity index (χ3v) is 3.14. The highest BCUT2D eigenvalue weighted by atomic mass is 16.1. The lowest BCUT2D eigenvalue weighted by atomic mass is 10.1. The zero-order valence-corrected chi connectivity index (χ0v) is 11.8. The number of nitriles is 1. The molecule has 21 heavy (non-hydrogen) atoms. The van der Waals surface area contributed by atoms with Crippen molar-refractivity contribution in [3.8, 4) is 6.07 Å². The van der Waals surface area contributed by atoms with Gasteiger partial charge in [-0.2, -0.15) is 5.26 Å². The van der Waals surface area contributed by atoms with Gasteiger partial charge in [-0.15, -0.1) is 0 Å². The summed E-state index contributed by atoms with van der Waals surface area (Å²) in [5.74, 6) is -0.132. The van der Waals surface area contributed by atoms with Crippen molar-refractivity contribution in [3.63, 3.8) is 0 Å². The molecule has 4 nitrogen and oxygen atoms in total. The minimum atomic E-state index is -0.132. The van der Waals surface area contributed by atoms with E-state index >= 15 is 0 Å². The summed E-state index contributed by atoms with van der Waals surface area (Å²) in [5.41, 5.74) is 2.29. The summed E-state index contributed by atoms with van der Waals surface area (Å²) in [6.45, 7) is 2.23. The molecule has 1 atom stereocenters. The maximum absolute atomic E-state index is 11.9. The van der Waals surface area contributed by atoms with Gasteiger partial charge in [-0.05, 0) is 30.7 Å². The summed E-state index contributed by atoms with van der Waals surface area (Å²) < 4.78 is 0. The molecule has 0 heterocycles. The van der Waals surface area contributed by atoms with Gasteiger partial charge in [0.15, 0.2) is 0 Å². The monoisotopic (exact) mass is 279 g/mol. The summed E-state index contributed by atoms with van der Waals surface area (Å²) in [5, 5.41) is 14.8. The standard InChI is InChI=1S/C17H17N3O/c1-13(15-7-3-2-4-8-15)19-12-17(21)20-16-9-5-6-14(10-16)11-18/h2-10,13,19H,12H2,1H3,(H,20,21). The third kappa shape index (κ3) is 4.44. The minimum Gasteiger partial charge on any atom is -0.325 e. The van der Waals surface area contributed by atoms with E-state index in [1.165, 1.54) is 0 Å². The Labute approximate surface area is 124 Å². The molecule has 106 valence electrons. The Kier molecular flexibility index (Phi) is 5.08. The number of benzene rings is 2. The van der Waals surface area contributed by atoms with Gasteiger partial charge in [0, 0.05) is 11.7 Å². The Bertz CT molecular complexity index is 647. The first-order valence-corrected chi connectivity index (χ1v) is 6.77. The topological polar surface area (TPSA) is 64.9 Å². The molecule has 2 aromatic carbocycles. The molecule has 0 aromatic heterocycles. The van der Waals surface area contributed by atoms with Crippen LogP contribution in [0.1, 0.15) is 24.1 Å². The van der Waals surface area contributed by atoms with Crippen LogP contribution in [0.5, 0.6) is 0 Å². The first kappa shape index (κ1) is 14.8. The number of amides is 1. The van der Waals surface area contributed by atoms with Crippen LogP contribution in [0.4, 0.5) is 5.69 Å². The van der Waals surface area contributed by atoms with Gasteiger partial charge in [0.05, 0.1) is 18.2 Å². The predicted molar refractivity (Wildman–Crippen MR) is 82.6 cm³/mol. The highest BCUT2D eigenvalue weighted by Crippen LogP contribution is 2.11. The zero-order chi connectivity index (χ0) is 15.1. The molecule has 2 N–H and O–H groups in total. The van der Waals surface area contributed by atoms with Crippen molar-refractivity contribution < 1.29 is 4.79 Å². The molecule has 0 aliphatic carbocycles. The fourth-order valence-corrected chi connectivity index (χ4v) is 1.98. The predicted octanol–water partition coefficient (Wildman–Crippen LogP) is 2.85. The van der Waals surface area contributed by atoms with Crippen LogP contribution in [-0.2, 0) is 4.79 Å². The van der Waals surface area contributed by atoms with E-state index in [9.17, 15) is 4.79 Å². The van der Waals surface area contributed by atoms with Crippen LogP contribution in [0, 0.1) is 11.3 Å². The second-order valence-corrected chi connectivity index (χ2v) is 4.75. The molecule has 0 aliphatic rings. The number of nitrogens with one attached hydrogen (secondary N) is 2. The maximum atomic E-state index is 11.9. The molecular weight excluding hydrogens is 262 g/mol. The van der Waals surface area contributed by atoms with E-state index in [4.69, 9.17) is 5.26 Å². The average molecular weight is 279 g/mol. The molecule has 0 fully saturated rings. The number of hydrogen-bond donors (Lipinski definition) is 2. The van der Waals surface area contributed by atoms with E-state index in [-0.39, 0.29) is 18.5 Å². The van der Waals surface area contributed by atoms with Gasteiger partial charge < -0.3 is 10.6 Å². The van der Waals surface area contributed by atoms with Gasteiger partial charge >= 0.3 is 0 Å². The van der Waals surface area contributed by atoms with Crippen molar-refractivity contribution in [2.24, 2.45) is 0 Å². The molecule has 0 saturated carbocycles. The Morgan fingerprint density at radius 3 is 2.67 bits per heavy atom. The van der Waals surface area contributed by atoms with Crippen molar-refractivity contribution in [3.05, 3.63) is 65.7 Å². The average Bonchev–Trinajstić information content (AvgIpc) is 2.53. The molecule has 1 unspecified atom stereocenters. The van der Waals surface area contributed by atoms with Gasteiger partial charge in [-0.25, -0.2) is 0 Å². The van der Waals surface area contributed by atoms with Crippen molar-refractivity contribution in [1.82, 2.24) is 5.32 Å². The van der Waals surface area contributed by atoms with E-state index in [1.807, 2.05) is 43.3 Å². The molecule has 0 aliphatic heterocycles. The van der Waals surface area contributed by atoms with E-state index in [2.05, 4.69) is 10.6 Å². The first-order valence-electron chi connectivity index (χ1n) is 6.77. The Morgan fingerprint density at radius 1 is 1.19 bits per heavy atom. The zero-order valence-electron chi connectivity index (χ0n) is 11.8. The number of nitrogens with zero attached hydrogens (tertiary/aromatic N) is 1. The summed E-state index contributed by atoms with van der Waals surface area (Å²) in [6, 6.07) is 19.0. The maximum Gasteiger partial charge on any atom is 0.238 e. The van der Waals surface area contributed by atoms with E-state index < -0.39 is 0 Å². The lowest BCUT2D eigenvalue weighted by Crippen LogP contribution is -2.30. The van der Waals surface area contributed by atoms with Crippen LogP contribution < -0.4 is 10.6 Å². The fraction of sp³-hybridized carbons (Fsp3) is 0.176. The largest absolute Gasteiger partial charge is 0.325 e. The van der Waals surface area contributed by atoms with Crippen LogP contribution in [0.25, 0.3) is 0 Å². The van der Waals surface area contributed by atoms with Gasteiger partial charge in [-0.1, -0.05) is 36.4 Å². The highest BCUT2D eigenvalue weighted by Gasteiger charge is 2.07. The van der Waals surface area contributed by atoms with Crippen LogP contribution >= 0.6 is 0 Å². The van der Waals surface area contributed by atoms with Crippen molar-refractivity contribution >= 4 is 11.6 Å². The second-order valence-electron chi connectivity index (χ2n) is 4.75. The molecule has 2 rings (SSSR count). The molecule has 0 saturated heterocycles. The molecule has 0 radical (unpaired) electrons. The second kappa shape index (κ2) is 7.22. The van der Waals surface area contributed by atoms with Crippen LogP contribution in [0.15, 0.2) is 54.6 Å². The van der Waals surface area contributed by atoms with Crippen LogP contribution in [0.2, 0.25) is 0 Å². The van der Waals surface area contributed by atoms with Gasteiger partial charge in [-0.3, -0.25) is 4.79 Å². The number of hydrogen-bond acceptors (Lipinski definition) is 3. The number of carbonyl (C=O) groups is 1. The Morgan fingerprint density at radius 2 is 1.95 bits per heavy atom. The first-order chi connectivity index (χ1) is 10.2. The summed E-state index contributed by atoms with van der Waals surface area (Å²) in [6.07, 6.45) is 0.